The van der Waals surface area contributed by atoms with Crippen LogP contribution in [0.25, 0.3) is 0 Å². The van der Waals surface area contributed by atoms with E-state index in [1.54, 1.807) is 36.5 Å². The third-order valence-corrected chi connectivity index (χ3v) is 9.19. The van der Waals surface area contributed by atoms with Crippen LogP contribution in [-0.4, -0.2) is 44.8 Å². The molecule has 11 nitrogen and oxygen atoms in total. The molecule has 4 aromatic rings. The second-order valence-corrected chi connectivity index (χ2v) is 12.7. The monoisotopic (exact) mass is 684 g/mol. The molecule has 0 radical (unpaired) electrons. The first kappa shape index (κ1) is 35.6. The summed E-state index contributed by atoms with van der Waals surface area (Å²) in [5.41, 5.74) is 10.6. The lowest BCUT2D eigenvalue weighted by Gasteiger charge is -2.36. The summed E-state index contributed by atoms with van der Waals surface area (Å²) in [6.07, 6.45) is 2.67. The van der Waals surface area contributed by atoms with Crippen molar-refractivity contribution in [2.24, 2.45) is 0 Å². The van der Waals surface area contributed by atoms with E-state index in [-0.39, 0.29) is 36.2 Å². The van der Waals surface area contributed by atoms with Crippen LogP contribution in [-0.2, 0) is 32.2 Å². The van der Waals surface area contributed by atoms with Gasteiger partial charge in [0, 0.05) is 43.3 Å². The van der Waals surface area contributed by atoms with Crippen LogP contribution in [0.3, 0.4) is 0 Å². The number of carboxylic acids is 1. The minimum atomic E-state index is -1.03. The molecule has 1 aromatic heterocycles. The predicted molar refractivity (Wildman–Crippen MR) is 187 cm³/mol. The van der Waals surface area contributed by atoms with Crippen LogP contribution in [0.15, 0.2) is 96.2 Å². The molecular formula is C37H40N4O7S. The molecule has 1 aliphatic rings. The minimum absolute atomic E-state index is 0.0518. The number of nitrogens with two attached hydrogens (primary N) is 1. The van der Waals surface area contributed by atoms with Crippen molar-refractivity contribution in [3.8, 4) is 0 Å². The maximum Gasteiger partial charge on any atom is 0.338 e. The van der Waals surface area contributed by atoms with E-state index >= 15 is 0 Å². The molecule has 0 bridgehead atoms. The van der Waals surface area contributed by atoms with Crippen molar-refractivity contribution in [2.45, 2.75) is 68.8 Å². The van der Waals surface area contributed by atoms with Gasteiger partial charge in [-0.3, -0.25) is 9.59 Å². The first-order valence-electron chi connectivity index (χ1n) is 16.1. The molecule has 0 spiro atoms. The van der Waals surface area contributed by atoms with E-state index in [4.69, 9.17) is 15.2 Å². The fourth-order valence-corrected chi connectivity index (χ4v) is 6.34. The van der Waals surface area contributed by atoms with Crippen molar-refractivity contribution in [1.82, 2.24) is 10.3 Å². The number of carboxylic acid groups (broad SMARTS) is 1. The van der Waals surface area contributed by atoms with Crippen LogP contribution in [0.2, 0.25) is 0 Å². The van der Waals surface area contributed by atoms with E-state index < -0.39 is 12.3 Å². The number of thioether (sulfide) groups is 1. The van der Waals surface area contributed by atoms with Crippen molar-refractivity contribution >= 4 is 40.9 Å². The standard InChI is InChI=1S/C37H40N4O7S/c38-30-7-1-2-8-31(30)41-34(44)10-4-3-9-33(43)40-21-24-11-17-27(18-12-24)37-47-28(23-49-35-29(36(45)46)6-5-19-39-35)20-32(48-37)26-15-13-25(22-42)14-16-26/h1-2,5-8,11-19,28,32,37,42H,3-4,9-10,20-23,38H2,(H,40,43)(H,41,44)(H,45,46)/t28-,32+,37+/m1/s1. The lowest BCUT2D eigenvalue weighted by atomic mass is 10.0. The number of nitrogen functional groups attached to an aromatic ring is 1. The third kappa shape index (κ3) is 10.4. The van der Waals surface area contributed by atoms with E-state index in [0.29, 0.717) is 60.8 Å². The van der Waals surface area contributed by atoms with E-state index in [9.17, 15) is 24.6 Å². The lowest BCUT2D eigenvalue weighted by molar-refractivity contribution is -0.245. The lowest BCUT2D eigenvalue weighted by Crippen LogP contribution is -2.31. The number of carbonyl (C=O) groups is 3. The van der Waals surface area contributed by atoms with Gasteiger partial charge < -0.3 is 36.1 Å². The Morgan fingerprint density at radius 1 is 0.857 bits per heavy atom. The highest BCUT2D eigenvalue weighted by Gasteiger charge is 2.32. The Hall–Kier alpha value is -4.75. The number of hydrogen-bond donors (Lipinski definition) is 5. The van der Waals surface area contributed by atoms with Gasteiger partial charge in [-0.15, -0.1) is 11.8 Å². The van der Waals surface area contributed by atoms with Crippen LogP contribution in [0, 0.1) is 0 Å². The Morgan fingerprint density at radius 2 is 1.55 bits per heavy atom. The second-order valence-electron chi connectivity index (χ2n) is 11.7. The normalized spacial score (nSPS) is 17.3. The number of ether oxygens (including phenoxy) is 2. The number of benzene rings is 3. The fourth-order valence-electron chi connectivity index (χ4n) is 5.34. The third-order valence-electron chi connectivity index (χ3n) is 8.06. The predicted octanol–water partition coefficient (Wildman–Crippen LogP) is 6.01. The number of hydrogen-bond acceptors (Lipinski definition) is 9. The number of rotatable bonds is 15. The van der Waals surface area contributed by atoms with Gasteiger partial charge >= 0.3 is 5.97 Å². The Labute approximate surface area is 289 Å². The van der Waals surface area contributed by atoms with Crippen LogP contribution in [0.4, 0.5) is 11.4 Å². The first-order valence-corrected chi connectivity index (χ1v) is 17.1. The number of aliphatic hydroxyl groups is 1. The zero-order chi connectivity index (χ0) is 34.6. The van der Waals surface area contributed by atoms with Gasteiger partial charge in [-0.2, -0.15) is 0 Å². The molecule has 5 rings (SSSR count). The number of pyridine rings is 1. The summed E-state index contributed by atoms with van der Waals surface area (Å²) < 4.78 is 12.8. The molecule has 0 unspecified atom stereocenters. The first-order chi connectivity index (χ1) is 23.8. The number of amides is 2. The summed E-state index contributed by atoms with van der Waals surface area (Å²) >= 11 is 1.33. The Balaban J connectivity index is 1.13. The van der Waals surface area contributed by atoms with E-state index in [0.717, 1.165) is 22.3 Å². The van der Waals surface area contributed by atoms with Gasteiger partial charge in [-0.25, -0.2) is 9.78 Å². The minimum Gasteiger partial charge on any atom is -0.478 e. The molecule has 2 heterocycles. The quantitative estimate of drug-likeness (QED) is 0.0567. The molecule has 3 aromatic carbocycles. The maximum absolute atomic E-state index is 12.5. The zero-order valence-electron chi connectivity index (χ0n) is 26.9. The van der Waals surface area contributed by atoms with Gasteiger partial charge in [0.15, 0.2) is 6.29 Å². The number of unbranched alkanes of at least 4 members (excludes halogenated alkanes) is 1. The number of nitrogens with zero attached hydrogens (tertiary/aromatic N) is 1. The summed E-state index contributed by atoms with van der Waals surface area (Å²) in [5, 5.41) is 25.2. The fraction of sp³-hybridized carbons (Fsp3) is 0.297. The second kappa shape index (κ2) is 17.6. The molecule has 3 atom stereocenters. The average Bonchev–Trinajstić information content (AvgIpc) is 3.13. The van der Waals surface area contributed by atoms with Gasteiger partial charge in [0.05, 0.1) is 35.8 Å². The molecule has 12 heteroatoms. The highest BCUT2D eigenvalue weighted by Crippen LogP contribution is 2.39. The average molecular weight is 685 g/mol. The highest BCUT2D eigenvalue weighted by molar-refractivity contribution is 7.99. The van der Waals surface area contributed by atoms with E-state index in [1.807, 2.05) is 48.5 Å². The molecule has 1 aliphatic heterocycles. The molecule has 1 saturated heterocycles. The summed E-state index contributed by atoms with van der Waals surface area (Å²) in [4.78, 5) is 40.6. The molecule has 0 aliphatic carbocycles. The molecule has 1 fully saturated rings. The zero-order valence-corrected chi connectivity index (χ0v) is 27.7. The van der Waals surface area contributed by atoms with Gasteiger partial charge in [-0.1, -0.05) is 60.7 Å². The van der Waals surface area contributed by atoms with Gasteiger partial charge in [0.2, 0.25) is 11.8 Å². The van der Waals surface area contributed by atoms with Crippen LogP contribution >= 0.6 is 11.8 Å². The number of anilines is 2. The number of para-hydroxylation sites is 2. The summed E-state index contributed by atoms with van der Waals surface area (Å²) in [7, 11) is 0. The van der Waals surface area contributed by atoms with Gasteiger partial charge in [0.1, 0.15) is 5.03 Å². The van der Waals surface area contributed by atoms with Crippen LogP contribution in [0.5, 0.6) is 0 Å². The van der Waals surface area contributed by atoms with Crippen molar-refractivity contribution in [3.63, 3.8) is 0 Å². The van der Waals surface area contributed by atoms with E-state index in [2.05, 4.69) is 15.6 Å². The Morgan fingerprint density at radius 3 is 2.27 bits per heavy atom. The summed E-state index contributed by atoms with van der Waals surface area (Å²) in [6.45, 7) is 0.304. The molecule has 2 amide bonds. The SMILES string of the molecule is Nc1ccccc1NC(=O)CCCCC(=O)NCc1ccc([C@H]2O[C@@H](CSc3ncccc3C(=O)O)C[C@@H](c3ccc(CO)cc3)O2)cc1. The summed E-state index contributed by atoms with van der Waals surface area (Å²) in [6, 6.07) is 25.5. The number of carbonyl (C=O) groups excluding carboxylic acids is 2. The Bertz CT molecular complexity index is 1720. The van der Waals surface area contributed by atoms with E-state index in [1.165, 1.54) is 17.8 Å². The van der Waals surface area contributed by atoms with Crippen molar-refractivity contribution in [1.29, 1.82) is 0 Å². The van der Waals surface area contributed by atoms with Crippen LogP contribution in [0.1, 0.15) is 77.1 Å². The topological polar surface area (TPSA) is 173 Å². The number of aliphatic hydroxyl groups excluding tert-OH is 1. The number of aromatic nitrogens is 1. The largest absolute Gasteiger partial charge is 0.478 e. The molecule has 256 valence electrons. The molecule has 6 N–H and O–H groups in total. The molecule has 0 saturated carbocycles. The Kier molecular flexibility index (Phi) is 12.8. The molecule has 49 heavy (non-hydrogen) atoms. The van der Waals surface area contributed by atoms with Crippen molar-refractivity contribution in [3.05, 3.63) is 119 Å². The van der Waals surface area contributed by atoms with Crippen LogP contribution < -0.4 is 16.4 Å². The number of nitrogens with one attached hydrogen (secondary N) is 2. The van der Waals surface area contributed by atoms with Gasteiger partial charge in [-0.05, 0) is 53.8 Å². The molecular weight excluding hydrogens is 644 g/mol. The summed E-state index contributed by atoms with van der Waals surface area (Å²) in [5.74, 6) is -0.793. The highest BCUT2D eigenvalue weighted by atomic mass is 32.2. The van der Waals surface area contributed by atoms with Gasteiger partial charge in [0.25, 0.3) is 0 Å². The number of aromatic carboxylic acids is 1. The maximum atomic E-state index is 12.5. The smallest absolute Gasteiger partial charge is 0.338 e. The van der Waals surface area contributed by atoms with Crippen molar-refractivity contribution in [2.75, 3.05) is 16.8 Å². The van der Waals surface area contributed by atoms with Crippen molar-refractivity contribution < 1.29 is 34.1 Å².